The number of nitrogens with one attached hydrogen (secondary N) is 1. The van der Waals surface area contributed by atoms with Crippen LogP contribution in [0.4, 0.5) is 0 Å². The third kappa shape index (κ3) is 4.64. The molecule has 9 heteroatoms. The Kier molecular flexibility index (Phi) is 5.93. The van der Waals surface area contributed by atoms with Crippen molar-refractivity contribution in [2.45, 2.75) is 25.8 Å². The molecular weight excluding hydrogens is 384 g/mol. The quantitative estimate of drug-likeness (QED) is 0.736. The number of ether oxygens (including phenoxy) is 1. The van der Waals surface area contributed by atoms with Gasteiger partial charge >= 0.3 is 0 Å². The van der Waals surface area contributed by atoms with Crippen molar-refractivity contribution in [2.24, 2.45) is 0 Å². The van der Waals surface area contributed by atoms with Gasteiger partial charge in [0.2, 0.25) is 11.8 Å². The minimum Gasteiger partial charge on any atom is -0.497 e. The molecule has 1 fully saturated rings. The second-order valence-corrected chi connectivity index (χ2v) is 9.10. The Bertz CT molecular complexity index is 981. The van der Waals surface area contributed by atoms with E-state index in [1.165, 1.54) is 4.90 Å². The fourth-order valence-electron chi connectivity index (χ4n) is 3.33. The summed E-state index contributed by atoms with van der Waals surface area (Å²) >= 11 is 0. The molecule has 1 aromatic heterocycles. The van der Waals surface area contributed by atoms with E-state index in [9.17, 15) is 18.0 Å². The number of rotatable bonds is 7. The lowest BCUT2D eigenvalue weighted by Crippen LogP contribution is -2.45. The van der Waals surface area contributed by atoms with Gasteiger partial charge in [0.15, 0.2) is 9.84 Å². The molecule has 0 saturated carbocycles. The zero-order chi connectivity index (χ0) is 20.3. The van der Waals surface area contributed by atoms with Crippen LogP contribution < -0.4 is 10.1 Å². The first-order valence-electron chi connectivity index (χ1n) is 9.13. The van der Waals surface area contributed by atoms with Crippen molar-refractivity contribution in [3.63, 3.8) is 0 Å². The maximum absolute atomic E-state index is 12.7. The first-order valence-corrected chi connectivity index (χ1v) is 10.9. The number of nitrogens with zero attached hydrogens (tertiary/aromatic N) is 1. The summed E-state index contributed by atoms with van der Waals surface area (Å²) in [5.41, 5.74) is 1.37. The molecule has 1 aliphatic heterocycles. The molecule has 2 amide bonds. The van der Waals surface area contributed by atoms with Gasteiger partial charge in [-0.1, -0.05) is 0 Å². The first-order chi connectivity index (χ1) is 13.3. The molecule has 8 nitrogen and oxygen atoms in total. The summed E-state index contributed by atoms with van der Waals surface area (Å²) in [6.07, 6.45) is 2.07. The Morgan fingerprint density at radius 3 is 2.79 bits per heavy atom. The molecule has 1 saturated heterocycles. The number of hydrogen-bond acceptors (Lipinski definition) is 6. The first kappa shape index (κ1) is 20.2. The standard InChI is InChI=1S/C19H24N2O6S/c1-3-21(10-18(22)20-14-6-7-28(24,25)12-14)19(23)8-13-11-27-17-9-15(26-2)4-5-16(13)17/h4-5,9,11,14H,3,6-8,10,12H2,1-2H3,(H,20,22)/t14-/m1/s1. The summed E-state index contributed by atoms with van der Waals surface area (Å²) in [5, 5.41) is 3.54. The van der Waals surface area contributed by atoms with Crippen LogP contribution in [0.5, 0.6) is 5.75 Å². The number of likely N-dealkylation sites (N-methyl/N-ethyl adjacent to an activating group) is 1. The maximum Gasteiger partial charge on any atom is 0.239 e. The molecule has 1 atom stereocenters. The van der Waals surface area contributed by atoms with Gasteiger partial charge in [0.25, 0.3) is 0 Å². The van der Waals surface area contributed by atoms with Crippen molar-refractivity contribution in [3.05, 3.63) is 30.0 Å². The molecule has 1 aromatic carbocycles. The van der Waals surface area contributed by atoms with Crippen LogP contribution in [0.3, 0.4) is 0 Å². The Morgan fingerprint density at radius 1 is 1.36 bits per heavy atom. The normalized spacial score (nSPS) is 18.1. The highest BCUT2D eigenvalue weighted by Crippen LogP contribution is 2.26. The van der Waals surface area contributed by atoms with Crippen LogP contribution >= 0.6 is 0 Å². The number of sulfone groups is 1. The van der Waals surface area contributed by atoms with Gasteiger partial charge in [0.1, 0.15) is 11.3 Å². The molecule has 0 bridgehead atoms. The fraction of sp³-hybridized carbons (Fsp3) is 0.474. The van der Waals surface area contributed by atoms with Gasteiger partial charge in [-0.2, -0.15) is 0 Å². The summed E-state index contributed by atoms with van der Waals surface area (Å²) in [4.78, 5) is 26.4. The SMILES string of the molecule is CCN(CC(=O)N[C@@H]1CCS(=O)(=O)C1)C(=O)Cc1coc2cc(OC)ccc12. The highest BCUT2D eigenvalue weighted by molar-refractivity contribution is 7.91. The van der Waals surface area contributed by atoms with Crippen molar-refractivity contribution in [1.29, 1.82) is 0 Å². The van der Waals surface area contributed by atoms with Crippen LogP contribution in [0.15, 0.2) is 28.9 Å². The summed E-state index contributed by atoms with van der Waals surface area (Å²) < 4.78 is 33.7. The molecule has 1 N–H and O–H groups in total. The number of hydrogen-bond donors (Lipinski definition) is 1. The molecule has 0 aliphatic carbocycles. The second-order valence-electron chi connectivity index (χ2n) is 6.88. The Hall–Kier alpha value is -2.55. The molecule has 3 rings (SSSR count). The van der Waals surface area contributed by atoms with Crippen LogP contribution in [0, 0.1) is 0 Å². The molecule has 0 radical (unpaired) electrons. The molecule has 28 heavy (non-hydrogen) atoms. The van der Waals surface area contributed by atoms with Gasteiger partial charge < -0.3 is 19.4 Å². The number of benzene rings is 1. The van der Waals surface area contributed by atoms with Gasteiger partial charge in [0.05, 0.1) is 37.8 Å². The lowest BCUT2D eigenvalue weighted by molar-refractivity contribution is -0.135. The van der Waals surface area contributed by atoms with Gasteiger partial charge in [-0.25, -0.2) is 8.42 Å². The third-order valence-corrected chi connectivity index (χ3v) is 6.64. The summed E-state index contributed by atoms with van der Waals surface area (Å²) in [6.45, 7) is 2.07. The highest BCUT2D eigenvalue weighted by atomic mass is 32.2. The molecule has 0 spiro atoms. The van der Waals surface area contributed by atoms with E-state index >= 15 is 0 Å². The van der Waals surface area contributed by atoms with Crippen molar-refractivity contribution in [2.75, 3.05) is 31.7 Å². The Morgan fingerprint density at radius 2 is 2.14 bits per heavy atom. The third-order valence-electron chi connectivity index (χ3n) is 4.87. The zero-order valence-electron chi connectivity index (χ0n) is 15.9. The van der Waals surface area contributed by atoms with Crippen LogP contribution in [0.1, 0.15) is 18.9 Å². The van der Waals surface area contributed by atoms with Crippen LogP contribution in [-0.2, 0) is 25.8 Å². The smallest absolute Gasteiger partial charge is 0.239 e. The van der Waals surface area contributed by atoms with E-state index in [1.54, 1.807) is 32.4 Å². The second kappa shape index (κ2) is 8.22. The van der Waals surface area contributed by atoms with E-state index in [2.05, 4.69) is 5.32 Å². The Labute approximate surface area is 163 Å². The van der Waals surface area contributed by atoms with Crippen molar-refractivity contribution in [1.82, 2.24) is 10.2 Å². The lowest BCUT2D eigenvalue weighted by atomic mass is 10.1. The highest BCUT2D eigenvalue weighted by Gasteiger charge is 2.29. The molecule has 152 valence electrons. The van der Waals surface area contributed by atoms with Crippen molar-refractivity contribution < 1.29 is 27.2 Å². The number of fused-ring (bicyclic) bond motifs is 1. The molecule has 0 unspecified atom stereocenters. The minimum atomic E-state index is -3.07. The van der Waals surface area contributed by atoms with Gasteiger partial charge in [0, 0.05) is 29.6 Å². The number of methoxy groups -OCH3 is 1. The van der Waals surface area contributed by atoms with E-state index in [4.69, 9.17) is 9.15 Å². The zero-order valence-corrected chi connectivity index (χ0v) is 16.8. The van der Waals surface area contributed by atoms with E-state index in [0.717, 1.165) is 10.9 Å². The van der Waals surface area contributed by atoms with Gasteiger partial charge in [-0.15, -0.1) is 0 Å². The average Bonchev–Trinajstić information content (AvgIpc) is 3.21. The molecule has 1 aliphatic rings. The fourth-order valence-corrected chi connectivity index (χ4v) is 5.01. The Balaban J connectivity index is 1.61. The number of amides is 2. The van der Waals surface area contributed by atoms with E-state index < -0.39 is 9.84 Å². The van der Waals surface area contributed by atoms with Gasteiger partial charge in [-0.3, -0.25) is 9.59 Å². The van der Waals surface area contributed by atoms with Crippen molar-refractivity contribution >= 4 is 32.6 Å². The monoisotopic (exact) mass is 408 g/mol. The number of carbonyl (C=O) groups is 2. The summed E-state index contributed by atoms with van der Waals surface area (Å²) in [7, 11) is -1.50. The van der Waals surface area contributed by atoms with E-state index in [1.807, 2.05) is 6.07 Å². The lowest BCUT2D eigenvalue weighted by Gasteiger charge is -2.21. The van der Waals surface area contributed by atoms with Crippen LogP contribution in [0.2, 0.25) is 0 Å². The van der Waals surface area contributed by atoms with Crippen LogP contribution in [-0.4, -0.2) is 62.9 Å². The maximum atomic E-state index is 12.7. The van der Waals surface area contributed by atoms with Crippen LogP contribution in [0.25, 0.3) is 11.0 Å². The number of furan rings is 1. The largest absolute Gasteiger partial charge is 0.497 e. The topological polar surface area (TPSA) is 106 Å². The summed E-state index contributed by atoms with van der Waals surface area (Å²) in [6, 6.07) is 5.01. The predicted molar refractivity (Wildman–Crippen MR) is 104 cm³/mol. The molecule has 2 aromatic rings. The number of carbonyl (C=O) groups excluding carboxylic acids is 2. The summed E-state index contributed by atoms with van der Waals surface area (Å²) in [5.74, 6) is 0.172. The van der Waals surface area contributed by atoms with E-state index in [-0.39, 0.29) is 42.3 Å². The molecular formula is C19H24N2O6S. The van der Waals surface area contributed by atoms with E-state index in [0.29, 0.717) is 24.3 Å². The predicted octanol–water partition coefficient (Wildman–Crippen LogP) is 1.14. The molecule has 2 heterocycles. The minimum absolute atomic E-state index is 0.0384. The average molecular weight is 408 g/mol. The van der Waals surface area contributed by atoms with Crippen molar-refractivity contribution in [3.8, 4) is 5.75 Å². The van der Waals surface area contributed by atoms with Gasteiger partial charge in [-0.05, 0) is 25.5 Å².